The van der Waals surface area contributed by atoms with Crippen molar-refractivity contribution in [2.75, 3.05) is 7.05 Å². The first-order chi connectivity index (χ1) is 13.0. The Morgan fingerprint density at radius 3 is 2.48 bits per heavy atom. The molecule has 1 aliphatic rings. The van der Waals surface area contributed by atoms with Crippen LogP contribution in [0.15, 0.2) is 30.3 Å². The van der Waals surface area contributed by atoms with Gasteiger partial charge in [-0.15, -0.1) is 0 Å². The number of nitrogens with zero attached hydrogens (tertiary/aromatic N) is 2. The van der Waals surface area contributed by atoms with Crippen molar-refractivity contribution >= 4 is 35.1 Å². The second kappa shape index (κ2) is 10.0. The molecule has 8 heteroatoms. The molecule has 2 rings (SSSR count). The first-order valence-corrected chi connectivity index (χ1v) is 9.57. The van der Waals surface area contributed by atoms with Crippen LogP contribution in [0.2, 0.25) is 0 Å². The molecule has 0 aromatic heterocycles. The number of unbranched alkanes of at least 4 members (excludes halogenated alkanes) is 2. The number of carbonyl (C=O) groups is 3. The molecule has 1 unspecified atom stereocenters. The molecule has 0 radical (unpaired) electrons. The number of amides is 3. The summed E-state index contributed by atoms with van der Waals surface area (Å²) < 4.78 is 0. The van der Waals surface area contributed by atoms with Gasteiger partial charge in [-0.25, -0.2) is 5.01 Å². The fourth-order valence-corrected chi connectivity index (χ4v) is 3.19. The lowest BCUT2D eigenvalue weighted by molar-refractivity contribution is -0.134. The van der Waals surface area contributed by atoms with Crippen LogP contribution in [0.3, 0.4) is 0 Å². The van der Waals surface area contributed by atoms with Gasteiger partial charge in [0.2, 0.25) is 11.8 Å². The zero-order valence-corrected chi connectivity index (χ0v) is 16.6. The van der Waals surface area contributed by atoms with Gasteiger partial charge < -0.3 is 5.32 Å². The maximum absolute atomic E-state index is 12.9. The summed E-state index contributed by atoms with van der Waals surface area (Å²) >= 11 is 5.44. The molecule has 1 saturated heterocycles. The lowest BCUT2D eigenvalue weighted by atomic mass is 10.1. The van der Waals surface area contributed by atoms with Crippen LogP contribution in [-0.4, -0.2) is 45.8 Å². The molecule has 3 amide bonds. The van der Waals surface area contributed by atoms with E-state index in [9.17, 15) is 14.4 Å². The summed E-state index contributed by atoms with van der Waals surface area (Å²) in [7, 11) is 1.51. The van der Waals surface area contributed by atoms with Gasteiger partial charge in [-0.3, -0.25) is 24.7 Å². The summed E-state index contributed by atoms with van der Waals surface area (Å²) in [6.07, 6.45) is 3.02. The van der Waals surface area contributed by atoms with E-state index >= 15 is 0 Å². The van der Waals surface area contributed by atoms with Gasteiger partial charge in [0, 0.05) is 13.5 Å². The summed E-state index contributed by atoms with van der Waals surface area (Å²) in [6.45, 7) is 2.36. The van der Waals surface area contributed by atoms with Crippen LogP contribution in [0.4, 0.5) is 0 Å². The van der Waals surface area contributed by atoms with Crippen molar-refractivity contribution in [2.24, 2.45) is 0 Å². The van der Waals surface area contributed by atoms with Crippen molar-refractivity contribution in [3.63, 3.8) is 0 Å². The Balaban J connectivity index is 2.14. The van der Waals surface area contributed by atoms with Gasteiger partial charge >= 0.3 is 0 Å². The average molecular weight is 391 g/mol. The number of nitrogens with one attached hydrogen (secondary N) is 2. The van der Waals surface area contributed by atoms with Crippen molar-refractivity contribution in [1.82, 2.24) is 20.7 Å². The Morgan fingerprint density at radius 2 is 1.85 bits per heavy atom. The Labute approximate surface area is 165 Å². The van der Waals surface area contributed by atoms with E-state index in [0.29, 0.717) is 13.0 Å². The van der Waals surface area contributed by atoms with Crippen LogP contribution >= 0.6 is 12.2 Å². The summed E-state index contributed by atoms with van der Waals surface area (Å²) in [4.78, 5) is 38.4. The number of hydrogen-bond acceptors (Lipinski definition) is 4. The number of carbonyl (C=O) groups excluding carboxylic acids is 3. The van der Waals surface area contributed by atoms with E-state index in [2.05, 4.69) is 17.7 Å². The molecule has 0 spiro atoms. The first kappa shape index (κ1) is 20.8. The summed E-state index contributed by atoms with van der Waals surface area (Å²) in [5.41, 5.74) is 3.64. The van der Waals surface area contributed by atoms with Crippen LogP contribution in [0.1, 0.15) is 44.6 Å². The minimum absolute atomic E-state index is 0.0734. The molecule has 1 aliphatic heterocycles. The maximum atomic E-state index is 12.9. The number of thiocarbonyl (C=S) groups is 1. The molecule has 27 heavy (non-hydrogen) atoms. The predicted octanol–water partition coefficient (Wildman–Crippen LogP) is 1.73. The molecule has 1 atom stereocenters. The van der Waals surface area contributed by atoms with Crippen LogP contribution in [0.5, 0.6) is 0 Å². The highest BCUT2D eigenvalue weighted by molar-refractivity contribution is 7.80. The van der Waals surface area contributed by atoms with Crippen molar-refractivity contribution < 1.29 is 14.4 Å². The van der Waals surface area contributed by atoms with Crippen molar-refractivity contribution in [3.05, 3.63) is 35.9 Å². The molecular weight excluding hydrogens is 364 g/mol. The van der Waals surface area contributed by atoms with Crippen molar-refractivity contribution in [1.29, 1.82) is 0 Å². The van der Waals surface area contributed by atoms with Gasteiger partial charge in [0.15, 0.2) is 5.11 Å². The van der Waals surface area contributed by atoms with E-state index in [1.54, 1.807) is 0 Å². The second-order valence-corrected chi connectivity index (χ2v) is 6.81. The average Bonchev–Trinajstić information content (AvgIpc) is 2.87. The summed E-state index contributed by atoms with van der Waals surface area (Å²) in [6, 6.07) is 8.62. The van der Waals surface area contributed by atoms with Crippen LogP contribution < -0.4 is 10.7 Å². The van der Waals surface area contributed by atoms with Gasteiger partial charge in [-0.05, 0) is 24.2 Å². The van der Waals surface area contributed by atoms with Crippen LogP contribution in [-0.2, 0) is 20.9 Å². The SMILES string of the molecule is CCCCCC(=O)NN1C(=S)N(Cc2ccccc2)C(=O)C1CC(=O)NC. The third-order valence-corrected chi connectivity index (χ3v) is 4.81. The van der Waals surface area contributed by atoms with E-state index in [1.165, 1.54) is 17.0 Å². The molecule has 1 aromatic carbocycles. The molecule has 2 N–H and O–H groups in total. The molecule has 1 fully saturated rings. The summed E-state index contributed by atoms with van der Waals surface area (Å²) in [5, 5.41) is 4.09. The molecule has 7 nitrogen and oxygen atoms in total. The predicted molar refractivity (Wildman–Crippen MR) is 106 cm³/mol. The lowest BCUT2D eigenvalue weighted by Gasteiger charge is -2.24. The van der Waals surface area contributed by atoms with E-state index < -0.39 is 6.04 Å². The third kappa shape index (κ3) is 5.50. The molecule has 1 heterocycles. The monoisotopic (exact) mass is 390 g/mol. The lowest BCUT2D eigenvalue weighted by Crippen LogP contribution is -2.50. The van der Waals surface area contributed by atoms with Crippen molar-refractivity contribution in [2.45, 2.75) is 51.6 Å². The van der Waals surface area contributed by atoms with Gasteiger partial charge in [-0.2, -0.15) is 0 Å². The zero-order valence-electron chi connectivity index (χ0n) is 15.7. The smallest absolute Gasteiger partial charge is 0.254 e. The van der Waals surface area contributed by atoms with Crippen LogP contribution in [0.25, 0.3) is 0 Å². The van der Waals surface area contributed by atoms with Gasteiger partial charge in [-0.1, -0.05) is 50.1 Å². The normalized spacial score (nSPS) is 16.6. The molecule has 0 saturated carbocycles. The van der Waals surface area contributed by atoms with Gasteiger partial charge in [0.1, 0.15) is 6.04 Å². The zero-order chi connectivity index (χ0) is 19.8. The summed E-state index contributed by atoms with van der Waals surface area (Å²) in [5.74, 6) is -0.786. The van der Waals surface area contributed by atoms with E-state index in [-0.39, 0.29) is 29.3 Å². The number of benzene rings is 1. The highest BCUT2D eigenvalue weighted by atomic mass is 32.1. The van der Waals surface area contributed by atoms with E-state index in [4.69, 9.17) is 12.2 Å². The number of hydrogen-bond donors (Lipinski definition) is 2. The Kier molecular flexibility index (Phi) is 7.72. The highest BCUT2D eigenvalue weighted by Crippen LogP contribution is 2.21. The van der Waals surface area contributed by atoms with Gasteiger partial charge in [0.05, 0.1) is 13.0 Å². The number of rotatable bonds is 9. The minimum atomic E-state index is -0.837. The highest BCUT2D eigenvalue weighted by Gasteiger charge is 2.44. The standard InChI is InChI=1S/C19H26N4O3S/c1-3-4-6-11-16(24)21-23-15(12-17(25)20-2)18(26)22(19(23)27)13-14-9-7-5-8-10-14/h5,7-10,15H,3-4,6,11-13H2,1-2H3,(H,20,25)(H,21,24). The maximum Gasteiger partial charge on any atom is 0.254 e. The second-order valence-electron chi connectivity index (χ2n) is 6.45. The fraction of sp³-hybridized carbons (Fsp3) is 0.474. The molecule has 146 valence electrons. The Hall–Kier alpha value is -2.48. The molecule has 0 aliphatic carbocycles. The first-order valence-electron chi connectivity index (χ1n) is 9.16. The Morgan fingerprint density at radius 1 is 1.15 bits per heavy atom. The van der Waals surface area contributed by atoms with E-state index in [0.717, 1.165) is 24.8 Å². The third-order valence-electron chi connectivity index (χ3n) is 4.39. The Bertz CT molecular complexity index is 695. The largest absolute Gasteiger partial charge is 0.359 e. The van der Waals surface area contributed by atoms with Crippen LogP contribution in [0, 0.1) is 0 Å². The molecular formula is C19H26N4O3S. The topological polar surface area (TPSA) is 81.8 Å². The van der Waals surface area contributed by atoms with Gasteiger partial charge in [0.25, 0.3) is 5.91 Å². The number of hydrazine groups is 1. The van der Waals surface area contributed by atoms with E-state index in [1.807, 2.05) is 30.3 Å². The molecule has 0 bridgehead atoms. The quantitative estimate of drug-likeness (QED) is 0.496. The molecule has 1 aromatic rings. The fourth-order valence-electron chi connectivity index (χ4n) is 2.87. The minimum Gasteiger partial charge on any atom is -0.359 e. The van der Waals surface area contributed by atoms with Crippen molar-refractivity contribution in [3.8, 4) is 0 Å².